The molecule has 36 heavy (non-hydrogen) atoms. The van der Waals surface area contributed by atoms with E-state index in [0.717, 1.165) is 0 Å². The third-order valence-corrected chi connectivity index (χ3v) is 9.20. The Labute approximate surface area is 208 Å². The number of carbonyl (C=O) groups is 1. The number of fused-ring (bicyclic) bond motifs is 2. The maximum absolute atomic E-state index is 13.2. The molecular weight excluding hydrogens is 500 g/mol. The molecule has 4 aromatic rings. The van der Waals surface area contributed by atoms with Gasteiger partial charge in [-0.1, -0.05) is 60.7 Å². The van der Waals surface area contributed by atoms with E-state index in [1.165, 1.54) is 24.3 Å². The highest BCUT2D eigenvalue weighted by Gasteiger charge is 2.35. The summed E-state index contributed by atoms with van der Waals surface area (Å²) in [5, 5.41) is 11.0. The van der Waals surface area contributed by atoms with Crippen LogP contribution >= 0.6 is 0 Å². The lowest BCUT2D eigenvalue weighted by molar-refractivity contribution is 0.101. The molecular formula is C26H20N2O6S2. The maximum atomic E-state index is 13.2. The summed E-state index contributed by atoms with van der Waals surface area (Å²) in [4.78, 5) is 21.9. The van der Waals surface area contributed by atoms with Crippen LogP contribution in [-0.4, -0.2) is 37.7 Å². The fourth-order valence-electron chi connectivity index (χ4n) is 4.11. The van der Waals surface area contributed by atoms with E-state index in [9.17, 15) is 26.7 Å². The number of rotatable bonds is 6. The number of nitrogens with zero attached hydrogens (tertiary/aromatic N) is 2. The third kappa shape index (κ3) is 4.34. The van der Waals surface area contributed by atoms with Gasteiger partial charge in [-0.15, -0.1) is 0 Å². The molecule has 1 unspecified atom stereocenters. The van der Waals surface area contributed by atoms with Gasteiger partial charge >= 0.3 is 0 Å². The number of carbonyl (C=O) groups excluding carboxylic acids is 1. The number of sulfone groups is 2. The van der Waals surface area contributed by atoms with Crippen molar-refractivity contribution in [2.75, 3.05) is 0 Å². The van der Waals surface area contributed by atoms with Gasteiger partial charge in [-0.3, -0.25) is 4.79 Å². The molecule has 0 saturated carbocycles. The number of hydrogen-bond donors (Lipinski definition) is 1. The first kappa shape index (κ1) is 24.0. The lowest BCUT2D eigenvalue weighted by Gasteiger charge is -2.23. The van der Waals surface area contributed by atoms with E-state index in [4.69, 9.17) is 0 Å². The summed E-state index contributed by atoms with van der Waals surface area (Å²) in [7, 11) is -7.88. The van der Waals surface area contributed by atoms with Gasteiger partial charge in [-0.05, 0) is 29.8 Å². The topological polar surface area (TPSA) is 131 Å². The zero-order chi connectivity index (χ0) is 25.5. The van der Waals surface area contributed by atoms with Crippen LogP contribution < -0.4 is 0 Å². The van der Waals surface area contributed by atoms with Crippen molar-refractivity contribution in [2.45, 2.75) is 27.4 Å². The normalized spacial score (nSPS) is 15.2. The molecule has 0 bridgehead atoms. The van der Waals surface area contributed by atoms with Gasteiger partial charge in [-0.2, -0.15) is 0 Å². The summed E-state index contributed by atoms with van der Waals surface area (Å²) in [6, 6.07) is 21.8. The van der Waals surface area contributed by atoms with E-state index in [1.54, 1.807) is 60.7 Å². The van der Waals surface area contributed by atoms with Crippen molar-refractivity contribution in [1.82, 2.24) is 9.97 Å². The van der Waals surface area contributed by atoms with Crippen molar-refractivity contribution in [3.63, 3.8) is 0 Å². The monoisotopic (exact) mass is 520 g/mol. The molecule has 0 aliphatic heterocycles. The smallest absolute Gasteiger partial charge is 0.213 e. The van der Waals surface area contributed by atoms with Crippen LogP contribution in [0.3, 0.4) is 0 Å². The van der Waals surface area contributed by atoms with Crippen LogP contribution in [-0.2, 0) is 31.2 Å². The van der Waals surface area contributed by atoms with E-state index >= 15 is 0 Å². The van der Waals surface area contributed by atoms with Crippen molar-refractivity contribution >= 4 is 25.5 Å². The van der Waals surface area contributed by atoms with Gasteiger partial charge in [0.1, 0.15) is 17.5 Å². The summed E-state index contributed by atoms with van der Waals surface area (Å²) in [6.45, 7) is 0. The Kier molecular flexibility index (Phi) is 6.03. The number of benzene rings is 3. The Morgan fingerprint density at radius 2 is 1.14 bits per heavy atom. The Hall–Kier alpha value is -3.73. The quantitative estimate of drug-likeness (QED) is 0.410. The lowest BCUT2D eigenvalue weighted by Crippen LogP contribution is -2.26. The van der Waals surface area contributed by atoms with Crippen molar-refractivity contribution in [2.24, 2.45) is 0 Å². The summed E-state index contributed by atoms with van der Waals surface area (Å²) >= 11 is 0. The highest BCUT2D eigenvalue weighted by molar-refractivity contribution is 7.91. The second-order valence-corrected chi connectivity index (χ2v) is 12.3. The fourth-order valence-corrected chi connectivity index (χ4v) is 6.77. The molecule has 0 fully saturated rings. The van der Waals surface area contributed by atoms with E-state index < -0.39 is 43.1 Å². The molecule has 1 aromatic heterocycles. The fraction of sp³-hybridized carbons (Fsp3) is 0.115. The summed E-state index contributed by atoms with van der Waals surface area (Å²) in [6.07, 6.45) is -1.32. The minimum atomic E-state index is -3.95. The molecule has 1 heterocycles. The minimum Gasteiger partial charge on any atom is -0.382 e. The average Bonchev–Trinajstić information content (AvgIpc) is 2.89. The molecule has 1 N–H and O–H groups in total. The van der Waals surface area contributed by atoms with E-state index in [-0.39, 0.29) is 38.1 Å². The van der Waals surface area contributed by atoms with Gasteiger partial charge in [0.25, 0.3) is 0 Å². The number of aliphatic hydroxyl groups excluding tert-OH is 1. The minimum absolute atomic E-state index is 0.0260. The molecule has 182 valence electrons. The highest BCUT2D eigenvalue weighted by Crippen LogP contribution is 2.34. The summed E-state index contributed by atoms with van der Waals surface area (Å²) < 4.78 is 52.6. The van der Waals surface area contributed by atoms with Crippen molar-refractivity contribution < 1.29 is 26.7 Å². The summed E-state index contributed by atoms with van der Waals surface area (Å²) in [5.41, 5.74) is -0.0299. The van der Waals surface area contributed by atoms with Crippen molar-refractivity contribution in [1.29, 1.82) is 0 Å². The standard InChI is InChI=1S/C26H20N2O6S2/c29-25-19-13-7-8-14-20(19)26(30)24-23(25)27-21(15-35(31,32)17-9-3-1-4-10-17)22(28-24)16-36(33,34)18-11-5-2-6-12-18/h1-14,25,29H,15-16H2. The maximum Gasteiger partial charge on any atom is 0.213 e. The molecule has 0 spiro atoms. The van der Waals surface area contributed by atoms with Crippen LogP contribution in [0, 0.1) is 0 Å². The number of aromatic nitrogens is 2. The predicted molar refractivity (Wildman–Crippen MR) is 131 cm³/mol. The van der Waals surface area contributed by atoms with Gasteiger partial charge in [0, 0.05) is 5.56 Å². The number of ketones is 1. The van der Waals surface area contributed by atoms with Gasteiger partial charge in [0.2, 0.25) is 5.78 Å². The Bertz CT molecular complexity index is 1690. The van der Waals surface area contributed by atoms with Crippen LogP contribution in [0.15, 0.2) is 94.7 Å². The Morgan fingerprint density at radius 1 is 0.667 bits per heavy atom. The first-order valence-electron chi connectivity index (χ1n) is 10.9. The van der Waals surface area contributed by atoms with Gasteiger partial charge in [-0.25, -0.2) is 26.8 Å². The van der Waals surface area contributed by atoms with Crippen LogP contribution in [0.1, 0.15) is 44.8 Å². The second kappa shape index (κ2) is 9.05. The zero-order valence-electron chi connectivity index (χ0n) is 18.8. The second-order valence-electron chi connectivity index (χ2n) is 8.31. The molecule has 8 nitrogen and oxygen atoms in total. The van der Waals surface area contributed by atoms with E-state index in [1.807, 2.05) is 0 Å². The van der Waals surface area contributed by atoms with Crippen LogP contribution in [0.2, 0.25) is 0 Å². The SMILES string of the molecule is O=C1c2ccccc2C(O)c2nc(CS(=O)(=O)c3ccccc3)c(CS(=O)(=O)c3ccccc3)nc21. The molecule has 1 aliphatic carbocycles. The Balaban J connectivity index is 1.66. The van der Waals surface area contributed by atoms with Gasteiger partial charge in [0.05, 0.1) is 32.7 Å². The largest absolute Gasteiger partial charge is 0.382 e. The molecule has 5 rings (SSSR count). The molecule has 0 amide bonds. The Morgan fingerprint density at radius 3 is 1.69 bits per heavy atom. The first-order chi connectivity index (χ1) is 17.2. The molecule has 1 aliphatic rings. The van der Waals surface area contributed by atoms with Crippen LogP contribution in [0.25, 0.3) is 0 Å². The number of aliphatic hydroxyl groups is 1. The van der Waals surface area contributed by atoms with Crippen LogP contribution in [0.4, 0.5) is 0 Å². The molecule has 10 heteroatoms. The van der Waals surface area contributed by atoms with Gasteiger partial charge < -0.3 is 5.11 Å². The molecule has 0 saturated heterocycles. The predicted octanol–water partition coefficient (Wildman–Crippen LogP) is 3.05. The van der Waals surface area contributed by atoms with Gasteiger partial charge in [0.15, 0.2) is 19.7 Å². The molecule has 0 radical (unpaired) electrons. The first-order valence-corrected chi connectivity index (χ1v) is 14.2. The molecule has 1 atom stereocenters. The van der Waals surface area contributed by atoms with E-state index in [2.05, 4.69) is 9.97 Å². The highest BCUT2D eigenvalue weighted by atomic mass is 32.2. The lowest BCUT2D eigenvalue weighted by atomic mass is 9.88. The van der Waals surface area contributed by atoms with Crippen LogP contribution in [0.5, 0.6) is 0 Å². The average molecular weight is 521 g/mol. The third-order valence-electron chi connectivity index (χ3n) is 5.91. The number of hydrogen-bond acceptors (Lipinski definition) is 8. The van der Waals surface area contributed by atoms with Crippen molar-refractivity contribution in [3.8, 4) is 0 Å². The van der Waals surface area contributed by atoms with Crippen molar-refractivity contribution in [3.05, 3.63) is 119 Å². The van der Waals surface area contributed by atoms with E-state index in [0.29, 0.717) is 5.56 Å². The summed E-state index contributed by atoms with van der Waals surface area (Å²) in [5.74, 6) is -1.84. The zero-order valence-corrected chi connectivity index (χ0v) is 20.4. The molecule has 3 aromatic carbocycles.